The lowest BCUT2D eigenvalue weighted by Crippen LogP contribution is -2.76. The van der Waals surface area contributed by atoms with Crippen LogP contribution < -0.4 is 44.0 Å². The zero-order valence-electron chi connectivity index (χ0n) is 8.62. The Morgan fingerprint density at radius 3 is 1.75 bits per heavy atom. The minimum Gasteiger partial charge on any atom is -0.289 e. The van der Waals surface area contributed by atoms with Crippen molar-refractivity contribution in [2.75, 3.05) is 0 Å². The Balaban J connectivity index is 2.96. The molecule has 0 unspecified atom stereocenters. The van der Waals surface area contributed by atoms with Crippen LogP contribution in [-0.2, 0) is 0 Å². The molecular formula is C8H16N8+2. The van der Waals surface area contributed by atoms with Gasteiger partial charge in [-0.05, 0) is 12.1 Å². The Morgan fingerprint density at radius 2 is 1.38 bits per heavy atom. The fourth-order valence-corrected chi connectivity index (χ4v) is 1.06. The second-order valence-corrected chi connectivity index (χ2v) is 2.95. The van der Waals surface area contributed by atoms with Crippen molar-refractivity contribution < 1.29 is 9.98 Å². The minimum atomic E-state index is 0.242. The SMILES string of the molecule is NNC(N)=[NH+]c1cccc([NH+]=C(N)NN)c1. The van der Waals surface area contributed by atoms with Crippen molar-refractivity contribution in [3.05, 3.63) is 24.3 Å². The zero-order valence-corrected chi connectivity index (χ0v) is 8.62. The molecule has 8 nitrogen and oxygen atoms in total. The number of hydrazine groups is 2. The standard InChI is InChI=1S/C8H14N8/c9-7(15-11)13-5-2-1-3-6(4-5)14-8(10)16-12/h1-4H,11-12H2,(H3,9,13,15)(H3,10,14,16)/p+2. The van der Waals surface area contributed by atoms with Crippen LogP contribution in [0.2, 0.25) is 0 Å². The molecule has 0 fully saturated rings. The maximum atomic E-state index is 5.47. The van der Waals surface area contributed by atoms with E-state index in [4.69, 9.17) is 23.2 Å². The van der Waals surface area contributed by atoms with Crippen LogP contribution in [0, 0.1) is 0 Å². The van der Waals surface area contributed by atoms with Gasteiger partial charge in [-0.15, -0.1) is 0 Å². The van der Waals surface area contributed by atoms with Crippen molar-refractivity contribution in [3.63, 3.8) is 0 Å². The third-order valence-electron chi connectivity index (χ3n) is 1.73. The normalized spacial score (nSPS) is 12.4. The highest BCUT2D eigenvalue weighted by Crippen LogP contribution is 2.03. The van der Waals surface area contributed by atoms with Gasteiger partial charge in [0.15, 0.2) is 0 Å². The molecule has 8 heteroatoms. The van der Waals surface area contributed by atoms with Crippen LogP contribution in [0.25, 0.3) is 0 Å². The monoisotopic (exact) mass is 224 g/mol. The third kappa shape index (κ3) is 3.44. The first-order chi connectivity index (χ1) is 7.65. The Kier molecular flexibility index (Phi) is 4.07. The van der Waals surface area contributed by atoms with Gasteiger partial charge < -0.3 is 0 Å². The molecule has 0 atom stereocenters. The van der Waals surface area contributed by atoms with Gasteiger partial charge in [0.05, 0.1) is 0 Å². The fraction of sp³-hybridized carbons (Fsp3) is 0. The Labute approximate surface area is 92.4 Å². The van der Waals surface area contributed by atoms with E-state index < -0.39 is 0 Å². The van der Waals surface area contributed by atoms with Gasteiger partial charge in [-0.25, -0.2) is 20.8 Å². The molecule has 0 saturated heterocycles. The molecule has 0 aliphatic carbocycles. The summed E-state index contributed by atoms with van der Waals surface area (Å²) < 4.78 is 0. The third-order valence-corrected chi connectivity index (χ3v) is 1.73. The van der Waals surface area contributed by atoms with Crippen molar-refractivity contribution in [2.24, 2.45) is 23.2 Å². The van der Waals surface area contributed by atoms with Gasteiger partial charge in [-0.2, -0.15) is 11.7 Å². The Morgan fingerprint density at radius 1 is 0.938 bits per heavy atom. The summed E-state index contributed by atoms with van der Waals surface area (Å²) in [7, 11) is 0. The largest absolute Gasteiger partial charge is 0.363 e. The maximum Gasteiger partial charge on any atom is 0.363 e. The van der Waals surface area contributed by atoms with E-state index in [-0.39, 0.29) is 11.9 Å². The molecule has 0 heterocycles. The summed E-state index contributed by atoms with van der Waals surface area (Å²) in [4.78, 5) is 5.68. The minimum absolute atomic E-state index is 0.242. The first-order valence-corrected chi connectivity index (χ1v) is 4.48. The van der Waals surface area contributed by atoms with Crippen LogP contribution in [0.1, 0.15) is 0 Å². The van der Waals surface area contributed by atoms with E-state index >= 15 is 0 Å². The molecule has 16 heavy (non-hydrogen) atoms. The quantitative estimate of drug-likeness (QED) is 0.108. The zero-order chi connectivity index (χ0) is 12.0. The number of hydrogen-bond acceptors (Lipinski definition) is 2. The lowest BCUT2D eigenvalue weighted by atomic mass is 10.3. The molecule has 0 radical (unpaired) electrons. The topological polar surface area (TPSA) is 156 Å². The molecule has 0 amide bonds. The number of rotatable bonds is 2. The number of nitrogens with one attached hydrogen (secondary N) is 4. The Bertz CT molecular complexity index is 375. The molecule has 86 valence electrons. The van der Waals surface area contributed by atoms with E-state index in [0.29, 0.717) is 0 Å². The molecule has 0 aliphatic heterocycles. The first kappa shape index (κ1) is 11.8. The van der Waals surface area contributed by atoms with Crippen molar-refractivity contribution in [3.8, 4) is 0 Å². The predicted octanol–water partition coefficient (Wildman–Crippen LogP) is -5.33. The fourth-order valence-electron chi connectivity index (χ4n) is 1.06. The summed E-state index contributed by atoms with van der Waals surface area (Å²) in [5, 5.41) is 0. The van der Waals surface area contributed by atoms with Crippen LogP contribution in [0.4, 0.5) is 11.4 Å². The van der Waals surface area contributed by atoms with Crippen molar-refractivity contribution in [1.82, 2.24) is 10.9 Å². The molecule has 12 N–H and O–H groups in total. The van der Waals surface area contributed by atoms with E-state index in [1.54, 1.807) is 6.07 Å². The van der Waals surface area contributed by atoms with Gasteiger partial charge in [0.2, 0.25) is 0 Å². The van der Waals surface area contributed by atoms with E-state index in [9.17, 15) is 0 Å². The van der Waals surface area contributed by atoms with Gasteiger partial charge in [0.1, 0.15) is 11.4 Å². The second-order valence-electron chi connectivity index (χ2n) is 2.95. The number of guanidine groups is 2. The molecule has 0 aliphatic rings. The van der Waals surface area contributed by atoms with Crippen LogP contribution in [0.15, 0.2) is 24.3 Å². The molecule has 1 rings (SSSR count). The van der Waals surface area contributed by atoms with Crippen LogP contribution in [-0.4, -0.2) is 11.9 Å². The van der Waals surface area contributed by atoms with E-state index in [1.807, 2.05) is 18.2 Å². The summed E-state index contributed by atoms with van der Waals surface area (Å²) in [6, 6.07) is 7.25. The molecule has 1 aromatic carbocycles. The highest BCUT2D eigenvalue weighted by atomic mass is 15.3. The first-order valence-electron chi connectivity index (χ1n) is 4.48. The molecule has 0 spiro atoms. The summed E-state index contributed by atoms with van der Waals surface area (Å²) in [6.07, 6.45) is 0. The predicted molar refractivity (Wildman–Crippen MR) is 60.7 cm³/mol. The molecule has 0 saturated carbocycles. The summed E-state index contributed by atoms with van der Waals surface area (Å²) in [6.45, 7) is 0. The highest BCUT2D eigenvalue weighted by Gasteiger charge is 2.00. The van der Waals surface area contributed by atoms with E-state index in [0.717, 1.165) is 11.4 Å². The average Bonchev–Trinajstić information content (AvgIpc) is 2.29. The van der Waals surface area contributed by atoms with Crippen LogP contribution >= 0.6 is 0 Å². The molecule has 0 aromatic heterocycles. The molecule has 0 bridgehead atoms. The van der Waals surface area contributed by atoms with Gasteiger partial charge in [0, 0.05) is 6.07 Å². The summed E-state index contributed by atoms with van der Waals surface area (Å²) in [5.74, 6) is 10.7. The summed E-state index contributed by atoms with van der Waals surface area (Å²) >= 11 is 0. The summed E-state index contributed by atoms with van der Waals surface area (Å²) in [5.41, 5.74) is 17.0. The van der Waals surface area contributed by atoms with Gasteiger partial charge in [-0.3, -0.25) is 11.5 Å². The lowest BCUT2D eigenvalue weighted by molar-refractivity contribution is -0.367. The van der Waals surface area contributed by atoms with Crippen LogP contribution in [0.3, 0.4) is 0 Å². The smallest absolute Gasteiger partial charge is 0.289 e. The van der Waals surface area contributed by atoms with E-state index in [2.05, 4.69) is 20.8 Å². The molecular weight excluding hydrogens is 208 g/mol. The molecule has 1 aromatic rings. The van der Waals surface area contributed by atoms with Crippen molar-refractivity contribution in [1.29, 1.82) is 0 Å². The second kappa shape index (κ2) is 5.53. The van der Waals surface area contributed by atoms with Crippen molar-refractivity contribution in [2.45, 2.75) is 0 Å². The van der Waals surface area contributed by atoms with Gasteiger partial charge >= 0.3 is 11.9 Å². The van der Waals surface area contributed by atoms with Gasteiger partial charge in [0.25, 0.3) is 0 Å². The Hall–Kier alpha value is -2.32. The van der Waals surface area contributed by atoms with E-state index in [1.165, 1.54) is 0 Å². The van der Waals surface area contributed by atoms with Crippen LogP contribution in [0.5, 0.6) is 0 Å². The number of hydrogen-bond donors (Lipinski definition) is 8. The number of nitrogens with two attached hydrogens (primary N) is 4. The average molecular weight is 224 g/mol. The highest BCUT2D eigenvalue weighted by molar-refractivity contribution is 5.72. The maximum absolute atomic E-state index is 5.47. The lowest BCUT2D eigenvalue weighted by Gasteiger charge is -1.96. The van der Waals surface area contributed by atoms with Crippen molar-refractivity contribution >= 4 is 23.3 Å². The number of benzene rings is 1. The van der Waals surface area contributed by atoms with Gasteiger partial charge in [-0.1, -0.05) is 6.07 Å².